The summed E-state index contributed by atoms with van der Waals surface area (Å²) in [6, 6.07) is 11.0. The summed E-state index contributed by atoms with van der Waals surface area (Å²) in [6.45, 7) is 0.834. The third-order valence-electron chi connectivity index (χ3n) is 3.65. The monoisotopic (exact) mass is 234 g/mol. The second kappa shape index (κ2) is 5.17. The smallest absolute Gasteiger partial charge is 0.160 e. The molecule has 0 spiro atoms. The van der Waals surface area contributed by atoms with Gasteiger partial charge in [-0.3, -0.25) is 4.90 Å². The van der Waals surface area contributed by atoms with Crippen LogP contribution in [-0.4, -0.2) is 44.4 Å². The lowest BCUT2D eigenvalue weighted by molar-refractivity contribution is 0.0869. The van der Waals surface area contributed by atoms with E-state index in [1.54, 1.807) is 0 Å². The maximum atomic E-state index is 5.66. The van der Waals surface area contributed by atoms with Crippen LogP contribution in [0.25, 0.3) is 0 Å². The number of nitrogens with one attached hydrogen (secondary N) is 1. The number of aryl methyl sites for hydroxylation is 1. The summed E-state index contributed by atoms with van der Waals surface area (Å²) < 4.78 is 5.66. The van der Waals surface area contributed by atoms with Gasteiger partial charge in [0, 0.05) is 0 Å². The lowest BCUT2D eigenvalue weighted by Crippen LogP contribution is -2.49. The van der Waals surface area contributed by atoms with E-state index < -0.39 is 0 Å². The fourth-order valence-corrected chi connectivity index (χ4v) is 2.40. The van der Waals surface area contributed by atoms with Crippen molar-refractivity contribution in [3.05, 3.63) is 35.9 Å². The van der Waals surface area contributed by atoms with Gasteiger partial charge >= 0.3 is 0 Å². The minimum atomic E-state index is -0.0798. The number of nitrogens with zero attached hydrogens (tertiary/aromatic N) is 1. The third-order valence-corrected chi connectivity index (χ3v) is 3.65. The Hall–Kier alpha value is -0.900. The van der Waals surface area contributed by atoms with Crippen LogP contribution in [0.15, 0.2) is 30.3 Å². The maximum Gasteiger partial charge on any atom is 0.160 e. The van der Waals surface area contributed by atoms with Crippen LogP contribution in [0.3, 0.4) is 0 Å². The highest BCUT2D eigenvalue weighted by Crippen LogP contribution is 2.34. The molecule has 1 aromatic rings. The highest BCUT2D eigenvalue weighted by atomic mass is 16.6. The fraction of sp³-hybridized carbons (Fsp3) is 0.571. The van der Waals surface area contributed by atoms with Crippen molar-refractivity contribution in [3.63, 3.8) is 0 Å². The number of hydrogen-bond donors (Lipinski definition) is 1. The minimum Gasteiger partial charge on any atom is -0.352 e. The van der Waals surface area contributed by atoms with E-state index in [0.717, 1.165) is 19.4 Å². The molecule has 0 aromatic heterocycles. The van der Waals surface area contributed by atoms with Crippen molar-refractivity contribution in [1.82, 2.24) is 10.2 Å². The lowest BCUT2D eigenvalue weighted by Gasteiger charge is -2.29. The first-order valence-corrected chi connectivity index (χ1v) is 6.21. The van der Waals surface area contributed by atoms with Gasteiger partial charge in [-0.05, 0) is 39.5 Å². The van der Waals surface area contributed by atoms with Gasteiger partial charge in [0.2, 0.25) is 0 Å². The Kier molecular flexibility index (Phi) is 3.82. The minimum absolute atomic E-state index is 0.0798. The van der Waals surface area contributed by atoms with Gasteiger partial charge in [-0.2, -0.15) is 0 Å². The topological polar surface area (TPSA) is 27.8 Å². The van der Waals surface area contributed by atoms with Gasteiger partial charge < -0.3 is 10.1 Å². The molecule has 0 saturated carbocycles. The zero-order valence-electron chi connectivity index (χ0n) is 10.9. The molecule has 0 aliphatic carbocycles. The quantitative estimate of drug-likeness (QED) is 0.756. The number of benzene rings is 1. The standard InChI is InChI=1S/C14H22N2O/c1-15-13(14(11-17-14)16(2)3)10-9-12-7-5-4-6-8-12/h4-8,13,15H,9-11H2,1-3H3/t13-,14?/m0/s1. The second-order valence-corrected chi connectivity index (χ2v) is 4.89. The summed E-state index contributed by atoms with van der Waals surface area (Å²) in [6.07, 6.45) is 2.18. The van der Waals surface area contributed by atoms with Gasteiger partial charge in [-0.15, -0.1) is 0 Å². The summed E-state index contributed by atoms with van der Waals surface area (Å²) >= 11 is 0. The number of ether oxygens (including phenoxy) is 1. The largest absolute Gasteiger partial charge is 0.352 e. The van der Waals surface area contributed by atoms with E-state index in [-0.39, 0.29) is 5.72 Å². The molecular weight excluding hydrogens is 212 g/mol. The number of likely N-dealkylation sites (N-methyl/N-ethyl adjacent to an activating group) is 2. The van der Waals surface area contributed by atoms with Crippen LogP contribution in [0.4, 0.5) is 0 Å². The highest BCUT2D eigenvalue weighted by molar-refractivity contribution is 5.15. The van der Waals surface area contributed by atoms with E-state index in [9.17, 15) is 0 Å². The molecule has 2 rings (SSSR count). The van der Waals surface area contributed by atoms with Crippen LogP contribution < -0.4 is 5.32 Å². The molecule has 0 amide bonds. The molecule has 1 aromatic carbocycles. The van der Waals surface area contributed by atoms with E-state index in [1.165, 1.54) is 5.56 Å². The number of rotatable bonds is 6. The summed E-state index contributed by atoms with van der Waals surface area (Å²) in [7, 11) is 6.18. The lowest BCUT2D eigenvalue weighted by atomic mass is 9.99. The van der Waals surface area contributed by atoms with Crippen LogP contribution in [0.2, 0.25) is 0 Å². The van der Waals surface area contributed by atoms with Crippen LogP contribution in [0.5, 0.6) is 0 Å². The van der Waals surface area contributed by atoms with Crippen molar-refractivity contribution in [1.29, 1.82) is 0 Å². The molecule has 0 radical (unpaired) electrons. The summed E-state index contributed by atoms with van der Waals surface area (Å²) in [5.41, 5.74) is 1.31. The van der Waals surface area contributed by atoms with Gasteiger partial charge in [0.15, 0.2) is 5.72 Å². The Morgan fingerprint density at radius 3 is 2.47 bits per heavy atom. The Morgan fingerprint density at radius 2 is 2.00 bits per heavy atom. The Labute approximate surface area is 104 Å². The summed E-state index contributed by atoms with van der Waals surface area (Å²) in [5, 5.41) is 3.39. The van der Waals surface area contributed by atoms with Crippen LogP contribution in [0, 0.1) is 0 Å². The molecule has 3 heteroatoms. The molecule has 1 aliphatic heterocycles. The SMILES string of the molecule is CN[C@@H](CCc1ccccc1)C1(N(C)C)CO1. The van der Waals surface area contributed by atoms with Crippen LogP contribution in [0.1, 0.15) is 12.0 Å². The summed E-state index contributed by atoms with van der Waals surface area (Å²) in [5.74, 6) is 0. The van der Waals surface area contributed by atoms with E-state index in [4.69, 9.17) is 4.74 Å². The van der Waals surface area contributed by atoms with E-state index in [0.29, 0.717) is 6.04 Å². The van der Waals surface area contributed by atoms with Crippen molar-refractivity contribution < 1.29 is 4.74 Å². The predicted molar refractivity (Wildman–Crippen MR) is 70.0 cm³/mol. The molecular formula is C14H22N2O. The van der Waals surface area contributed by atoms with E-state index >= 15 is 0 Å². The van der Waals surface area contributed by atoms with Crippen molar-refractivity contribution >= 4 is 0 Å². The van der Waals surface area contributed by atoms with Crippen molar-refractivity contribution in [2.24, 2.45) is 0 Å². The Morgan fingerprint density at radius 1 is 1.35 bits per heavy atom. The first kappa shape index (κ1) is 12.6. The number of hydrogen-bond acceptors (Lipinski definition) is 3. The molecule has 2 atom stereocenters. The summed E-state index contributed by atoms with van der Waals surface area (Å²) in [4.78, 5) is 2.18. The zero-order chi connectivity index (χ0) is 12.3. The van der Waals surface area contributed by atoms with Gasteiger partial charge in [0.05, 0.1) is 12.6 Å². The average molecular weight is 234 g/mol. The van der Waals surface area contributed by atoms with Gasteiger partial charge in [-0.1, -0.05) is 30.3 Å². The molecule has 3 nitrogen and oxygen atoms in total. The van der Waals surface area contributed by atoms with Gasteiger partial charge in [0.1, 0.15) is 0 Å². The van der Waals surface area contributed by atoms with Crippen LogP contribution in [-0.2, 0) is 11.2 Å². The van der Waals surface area contributed by atoms with Crippen LogP contribution >= 0.6 is 0 Å². The molecule has 1 aliphatic rings. The van der Waals surface area contributed by atoms with Crippen molar-refractivity contribution in [2.45, 2.75) is 24.6 Å². The van der Waals surface area contributed by atoms with E-state index in [2.05, 4.69) is 54.6 Å². The molecule has 1 unspecified atom stereocenters. The maximum absolute atomic E-state index is 5.66. The molecule has 94 valence electrons. The molecule has 1 heterocycles. The second-order valence-electron chi connectivity index (χ2n) is 4.89. The van der Waals surface area contributed by atoms with E-state index in [1.807, 2.05) is 7.05 Å². The fourth-order valence-electron chi connectivity index (χ4n) is 2.40. The average Bonchev–Trinajstić information content (AvgIpc) is 3.13. The first-order chi connectivity index (χ1) is 8.19. The third kappa shape index (κ3) is 2.68. The number of epoxide rings is 1. The molecule has 17 heavy (non-hydrogen) atoms. The van der Waals surface area contributed by atoms with Crippen molar-refractivity contribution in [3.8, 4) is 0 Å². The van der Waals surface area contributed by atoms with Crippen molar-refractivity contribution in [2.75, 3.05) is 27.7 Å². The highest BCUT2D eigenvalue weighted by Gasteiger charge is 2.52. The Bertz CT molecular complexity index is 346. The molecule has 1 fully saturated rings. The van der Waals surface area contributed by atoms with Gasteiger partial charge in [-0.25, -0.2) is 0 Å². The zero-order valence-corrected chi connectivity index (χ0v) is 10.9. The predicted octanol–water partition coefficient (Wildman–Crippen LogP) is 1.50. The normalized spacial score (nSPS) is 24.9. The molecule has 1 saturated heterocycles. The Balaban J connectivity index is 1.93. The molecule has 0 bridgehead atoms. The molecule has 1 N–H and O–H groups in total. The van der Waals surface area contributed by atoms with Gasteiger partial charge in [0.25, 0.3) is 0 Å². The first-order valence-electron chi connectivity index (χ1n) is 6.21.